The molecule has 8 heteroatoms. The largest absolute Gasteiger partial charge is 0.483 e. The maximum atomic E-state index is 12.2. The highest BCUT2D eigenvalue weighted by Crippen LogP contribution is 2.44. The monoisotopic (exact) mass is 551 g/mol. The number of aliphatic carboxylic acids is 1. The summed E-state index contributed by atoms with van der Waals surface area (Å²) in [4.78, 5) is 22.5. The van der Waals surface area contributed by atoms with E-state index in [0.29, 0.717) is 23.7 Å². The molecule has 0 bridgehead atoms. The number of fused-ring (bicyclic) bond motifs is 1. The molecule has 1 aromatic carbocycles. The highest BCUT2D eigenvalue weighted by Gasteiger charge is 2.33. The second-order valence-electron chi connectivity index (χ2n) is 11.1. The highest BCUT2D eigenvalue weighted by molar-refractivity contribution is 8.00. The van der Waals surface area contributed by atoms with E-state index in [9.17, 15) is 9.90 Å². The van der Waals surface area contributed by atoms with Gasteiger partial charge in [0.2, 0.25) is 0 Å². The van der Waals surface area contributed by atoms with Crippen LogP contribution in [0.3, 0.4) is 0 Å². The number of carboxylic acids is 1. The summed E-state index contributed by atoms with van der Waals surface area (Å²) in [6.45, 7) is 12.5. The van der Waals surface area contributed by atoms with Crippen molar-refractivity contribution in [3.63, 3.8) is 0 Å². The molecule has 4 aromatic rings. The third kappa shape index (κ3) is 6.51. The molecule has 6 nitrogen and oxygen atoms in total. The second-order valence-corrected chi connectivity index (χ2v) is 13.4. The van der Waals surface area contributed by atoms with Gasteiger partial charge in [-0.15, -0.1) is 11.8 Å². The van der Waals surface area contributed by atoms with Crippen LogP contribution < -0.4 is 4.74 Å². The maximum absolute atomic E-state index is 12.2. The van der Waals surface area contributed by atoms with Gasteiger partial charge in [-0.2, -0.15) is 0 Å². The van der Waals surface area contributed by atoms with Crippen molar-refractivity contribution in [2.45, 2.75) is 70.3 Å². The first kappa shape index (κ1) is 28.0. The second kappa shape index (κ2) is 11.0. The van der Waals surface area contributed by atoms with Crippen molar-refractivity contribution in [2.24, 2.45) is 5.41 Å². The molecule has 1 N–H and O–H groups in total. The fourth-order valence-corrected chi connectivity index (χ4v) is 5.50. The first-order valence-electron chi connectivity index (χ1n) is 12.6. The Morgan fingerprint density at radius 2 is 1.82 bits per heavy atom. The van der Waals surface area contributed by atoms with Crippen molar-refractivity contribution in [3.8, 4) is 5.75 Å². The van der Waals surface area contributed by atoms with Crippen molar-refractivity contribution >= 4 is 40.4 Å². The van der Waals surface area contributed by atoms with Crippen LogP contribution in [0.25, 0.3) is 11.0 Å². The zero-order chi connectivity index (χ0) is 27.7. The fraction of sp³-hybridized carbons (Fsp3) is 0.367. The Kier molecular flexibility index (Phi) is 8.09. The molecule has 3 aromatic heterocycles. The highest BCUT2D eigenvalue weighted by atomic mass is 35.5. The standard InChI is InChI=1S/C30H34ClN3O3S/c1-19(24-9-7-8-14-32-24)37-22-15-23-26(38-29(2,3)4)25(16-30(5,6)28(35)36)34(27(23)33-17-22)18-20-10-12-21(31)13-11-20/h7-15,17,19H,16,18H2,1-6H3,(H,35,36)/t19-/m0/s1. The summed E-state index contributed by atoms with van der Waals surface area (Å²) < 4.78 is 8.29. The molecule has 0 amide bonds. The molecule has 200 valence electrons. The molecule has 0 aliphatic carbocycles. The van der Waals surface area contributed by atoms with Gasteiger partial charge in [0.15, 0.2) is 0 Å². The first-order valence-corrected chi connectivity index (χ1v) is 13.8. The van der Waals surface area contributed by atoms with Gasteiger partial charge in [0.05, 0.1) is 17.3 Å². The zero-order valence-corrected chi connectivity index (χ0v) is 24.2. The van der Waals surface area contributed by atoms with Gasteiger partial charge in [-0.3, -0.25) is 9.78 Å². The topological polar surface area (TPSA) is 77.2 Å². The Hall–Kier alpha value is -3.03. The predicted molar refractivity (Wildman–Crippen MR) is 154 cm³/mol. The number of benzene rings is 1. The van der Waals surface area contributed by atoms with E-state index in [1.165, 1.54) is 0 Å². The van der Waals surface area contributed by atoms with E-state index in [-0.39, 0.29) is 10.9 Å². The van der Waals surface area contributed by atoms with Crippen molar-refractivity contribution in [3.05, 3.63) is 82.9 Å². The van der Waals surface area contributed by atoms with Crippen LogP contribution in [0.2, 0.25) is 5.02 Å². The number of nitrogens with zero attached hydrogens (tertiary/aromatic N) is 3. The molecule has 0 spiro atoms. The van der Waals surface area contributed by atoms with Crippen LogP contribution in [0.15, 0.2) is 65.8 Å². The molecule has 0 saturated heterocycles. The molecule has 1 atom stereocenters. The van der Waals surface area contributed by atoms with E-state index in [0.717, 1.165) is 32.9 Å². The average Bonchev–Trinajstić information content (AvgIpc) is 3.10. The smallest absolute Gasteiger partial charge is 0.309 e. The van der Waals surface area contributed by atoms with Crippen molar-refractivity contribution < 1.29 is 14.6 Å². The summed E-state index contributed by atoms with van der Waals surface area (Å²) in [7, 11) is 0. The normalized spacial score (nSPS) is 13.0. The summed E-state index contributed by atoms with van der Waals surface area (Å²) >= 11 is 7.86. The van der Waals surface area contributed by atoms with E-state index in [4.69, 9.17) is 21.3 Å². The Morgan fingerprint density at radius 1 is 1.11 bits per heavy atom. The van der Waals surface area contributed by atoms with E-state index in [1.807, 2.05) is 55.5 Å². The van der Waals surface area contributed by atoms with Gasteiger partial charge in [-0.05, 0) is 56.7 Å². The number of carboxylic acid groups (broad SMARTS) is 1. The molecule has 0 fully saturated rings. The maximum Gasteiger partial charge on any atom is 0.309 e. The Bertz CT molecular complexity index is 1430. The third-order valence-corrected chi connectivity index (χ3v) is 7.72. The van der Waals surface area contributed by atoms with Crippen LogP contribution in [-0.2, 0) is 17.8 Å². The number of rotatable bonds is 9. The Labute approximate surface area is 233 Å². The van der Waals surface area contributed by atoms with Gasteiger partial charge in [-0.1, -0.05) is 50.6 Å². The van der Waals surface area contributed by atoms with Crippen LogP contribution in [0, 0.1) is 5.41 Å². The van der Waals surface area contributed by atoms with Crippen LogP contribution in [0.4, 0.5) is 0 Å². The van der Waals surface area contributed by atoms with Crippen molar-refractivity contribution in [1.29, 1.82) is 0 Å². The van der Waals surface area contributed by atoms with Crippen LogP contribution >= 0.6 is 23.4 Å². The molecule has 4 rings (SSSR count). The molecule has 0 saturated carbocycles. The van der Waals surface area contributed by atoms with Crippen molar-refractivity contribution in [2.75, 3.05) is 0 Å². The number of pyridine rings is 2. The number of hydrogen-bond acceptors (Lipinski definition) is 5. The Balaban J connectivity index is 1.88. The van der Waals surface area contributed by atoms with E-state index in [2.05, 4.69) is 30.3 Å². The fourth-order valence-electron chi connectivity index (χ4n) is 4.20. The van der Waals surface area contributed by atoms with E-state index >= 15 is 0 Å². The number of ether oxygens (including phenoxy) is 1. The van der Waals surface area contributed by atoms with Gasteiger partial charge in [0.25, 0.3) is 0 Å². The first-order chi connectivity index (χ1) is 17.8. The molecule has 0 aliphatic rings. The number of thioether (sulfide) groups is 1. The number of halogens is 1. The van der Waals surface area contributed by atoms with E-state index in [1.54, 1.807) is 38.0 Å². The zero-order valence-electron chi connectivity index (χ0n) is 22.7. The minimum Gasteiger partial charge on any atom is -0.483 e. The van der Waals surface area contributed by atoms with Gasteiger partial charge in [-0.25, -0.2) is 4.98 Å². The lowest BCUT2D eigenvalue weighted by Crippen LogP contribution is -2.28. The minimum atomic E-state index is -0.966. The lowest BCUT2D eigenvalue weighted by Gasteiger charge is -2.24. The van der Waals surface area contributed by atoms with Crippen molar-refractivity contribution in [1.82, 2.24) is 14.5 Å². The van der Waals surface area contributed by atoms with E-state index < -0.39 is 11.4 Å². The molecular formula is C30H34ClN3O3S. The summed E-state index contributed by atoms with van der Waals surface area (Å²) in [5.41, 5.74) is 2.66. The Morgan fingerprint density at radius 3 is 2.42 bits per heavy atom. The third-order valence-electron chi connectivity index (χ3n) is 6.20. The van der Waals surface area contributed by atoms with Gasteiger partial charge in [0.1, 0.15) is 17.5 Å². The van der Waals surface area contributed by atoms with Crippen LogP contribution in [-0.4, -0.2) is 30.4 Å². The van der Waals surface area contributed by atoms with Gasteiger partial charge >= 0.3 is 5.97 Å². The summed E-state index contributed by atoms with van der Waals surface area (Å²) in [5, 5.41) is 11.6. The van der Waals surface area contributed by atoms with Gasteiger partial charge < -0.3 is 14.4 Å². The SMILES string of the molecule is C[C@H](Oc1cnc2c(c1)c(SC(C)(C)C)c(CC(C)(C)C(=O)O)n2Cc1ccc(Cl)cc1)c1ccccn1. The lowest BCUT2D eigenvalue weighted by molar-refractivity contribution is -0.146. The number of hydrogen-bond donors (Lipinski definition) is 1. The average molecular weight is 552 g/mol. The van der Waals surface area contributed by atoms with Crippen LogP contribution in [0.5, 0.6) is 5.75 Å². The molecule has 3 heterocycles. The predicted octanol–water partition coefficient (Wildman–Crippen LogP) is 7.82. The molecule has 0 unspecified atom stereocenters. The minimum absolute atomic E-state index is 0.111. The number of aromatic nitrogens is 3. The summed E-state index contributed by atoms with van der Waals surface area (Å²) in [5.74, 6) is -0.201. The molecule has 0 aliphatic heterocycles. The molecule has 38 heavy (non-hydrogen) atoms. The quantitative estimate of drug-likeness (QED) is 0.214. The lowest BCUT2D eigenvalue weighted by atomic mass is 9.88. The van der Waals surface area contributed by atoms with Gasteiger partial charge in [0, 0.05) is 44.9 Å². The number of carbonyl (C=O) groups is 1. The molecule has 0 radical (unpaired) electrons. The summed E-state index contributed by atoms with van der Waals surface area (Å²) in [6.07, 6.45) is 3.58. The summed E-state index contributed by atoms with van der Waals surface area (Å²) in [6, 6.07) is 15.5. The van der Waals surface area contributed by atoms with Crippen LogP contribution in [0.1, 0.15) is 64.6 Å². The molecular weight excluding hydrogens is 518 g/mol.